The van der Waals surface area contributed by atoms with Gasteiger partial charge in [0, 0.05) is 30.2 Å². The molecule has 0 bridgehead atoms. The summed E-state index contributed by atoms with van der Waals surface area (Å²) in [7, 11) is 0. The van der Waals surface area contributed by atoms with Crippen molar-refractivity contribution in [3.63, 3.8) is 0 Å². The van der Waals surface area contributed by atoms with E-state index in [2.05, 4.69) is 56.8 Å². The van der Waals surface area contributed by atoms with Gasteiger partial charge in [0.1, 0.15) is 0 Å². The van der Waals surface area contributed by atoms with Crippen LogP contribution in [0, 0.1) is 0 Å². The highest BCUT2D eigenvalue weighted by atomic mass is 32.1. The zero-order valence-corrected chi connectivity index (χ0v) is 18.9. The second-order valence-electron chi connectivity index (χ2n) is 8.73. The first-order chi connectivity index (χ1) is 15.7. The molecule has 5 rings (SSSR count). The smallest absolute Gasteiger partial charge is 0.335 e. The number of nitrogens with zero attached hydrogens (tertiary/aromatic N) is 2. The maximum atomic E-state index is 11.3. The summed E-state index contributed by atoms with van der Waals surface area (Å²) in [5.41, 5.74) is 5.68. The molecule has 3 heterocycles. The van der Waals surface area contributed by atoms with Crippen LogP contribution in [0.15, 0.2) is 71.6 Å². The number of thiophene rings is 1. The van der Waals surface area contributed by atoms with Crippen LogP contribution in [0.25, 0.3) is 10.9 Å². The standard InChI is InChI=1S/C27H28N2O2S/c30-27(31)23-5-3-4-21(16-23)17-28-12-9-22(10-13-28)25-18-29(14-8-20-11-15-32-19-20)26-7-2-1-6-24(25)26/h1-7,11,15-16,18-19,22H,8-10,12-14,17H2,(H,30,31). The van der Waals surface area contributed by atoms with E-state index in [0.717, 1.165) is 51.0 Å². The molecule has 0 aliphatic carbocycles. The number of aryl methyl sites for hydroxylation is 2. The Hall–Kier alpha value is -2.89. The van der Waals surface area contributed by atoms with Crippen molar-refractivity contribution in [1.82, 2.24) is 9.47 Å². The van der Waals surface area contributed by atoms with Gasteiger partial charge >= 0.3 is 5.97 Å². The molecule has 164 valence electrons. The number of hydrogen-bond acceptors (Lipinski definition) is 3. The predicted octanol–water partition coefficient (Wildman–Crippen LogP) is 6.02. The minimum atomic E-state index is -0.860. The second-order valence-corrected chi connectivity index (χ2v) is 9.51. The van der Waals surface area contributed by atoms with E-state index in [1.54, 1.807) is 23.5 Å². The fraction of sp³-hybridized carbons (Fsp3) is 0.296. The number of rotatable bonds is 7. The van der Waals surface area contributed by atoms with Gasteiger partial charge in [0.2, 0.25) is 0 Å². The van der Waals surface area contributed by atoms with Crippen molar-refractivity contribution in [2.45, 2.75) is 38.3 Å². The number of carboxylic acids is 1. The normalized spacial score (nSPS) is 15.4. The maximum absolute atomic E-state index is 11.3. The number of carboxylic acid groups (broad SMARTS) is 1. The van der Waals surface area contributed by atoms with E-state index in [4.69, 9.17) is 0 Å². The minimum Gasteiger partial charge on any atom is -0.478 e. The van der Waals surface area contributed by atoms with Crippen LogP contribution in [-0.4, -0.2) is 33.6 Å². The van der Waals surface area contributed by atoms with Gasteiger partial charge < -0.3 is 9.67 Å². The Morgan fingerprint density at radius 3 is 2.66 bits per heavy atom. The first-order valence-electron chi connectivity index (χ1n) is 11.3. The molecule has 1 fully saturated rings. The highest BCUT2D eigenvalue weighted by molar-refractivity contribution is 7.07. The molecule has 0 radical (unpaired) electrons. The molecule has 0 saturated carbocycles. The van der Waals surface area contributed by atoms with Gasteiger partial charge in [-0.2, -0.15) is 11.3 Å². The number of piperidine rings is 1. The van der Waals surface area contributed by atoms with Crippen LogP contribution in [0.1, 0.15) is 45.8 Å². The van der Waals surface area contributed by atoms with E-state index >= 15 is 0 Å². The number of aromatic nitrogens is 1. The number of aromatic carboxylic acids is 1. The lowest BCUT2D eigenvalue weighted by atomic mass is 9.89. The van der Waals surface area contributed by atoms with E-state index in [0.29, 0.717) is 11.5 Å². The van der Waals surface area contributed by atoms with Gasteiger partial charge in [-0.1, -0.05) is 30.3 Å². The fourth-order valence-electron chi connectivity index (χ4n) is 4.93. The van der Waals surface area contributed by atoms with Crippen LogP contribution >= 0.6 is 11.3 Å². The molecule has 4 aromatic rings. The molecule has 32 heavy (non-hydrogen) atoms. The number of fused-ring (bicyclic) bond motifs is 1. The molecule has 1 aliphatic rings. The minimum absolute atomic E-state index is 0.368. The monoisotopic (exact) mass is 444 g/mol. The third-order valence-electron chi connectivity index (χ3n) is 6.65. The number of carbonyl (C=O) groups is 1. The average Bonchev–Trinajstić information content (AvgIpc) is 3.46. The SMILES string of the molecule is O=C(O)c1cccc(CN2CCC(c3cn(CCc4ccsc4)c4ccccc34)CC2)c1. The summed E-state index contributed by atoms with van der Waals surface area (Å²) in [5, 5.41) is 15.0. The first kappa shape index (κ1) is 21.0. The Balaban J connectivity index is 1.27. The molecule has 2 aromatic heterocycles. The van der Waals surface area contributed by atoms with Crippen LogP contribution in [0.2, 0.25) is 0 Å². The Morgan fingerprint density at radius 1 is 1.03 bits per heavy atom. The third kappa shape index (κ3) is 4.50. The number of likely N-dealkylation sites (tertiary alicyclic amines) is 1. The zero-order valence-electron chi connectivity index (χ0n) is 18.1. The Kier molecular flexibility index (Phi) is 6.10. The van der Waals surface area contributed by atoms with Crippen LogP contribution in [0.5, 0.6) is 0 Å². The zero-order chi connectivity index (χ0) is 21.9. The van der Waals surface area contributed by atoms with Gasteiger partial charge in [0.05, 0.1) is 5.56 Å². The highest BCUT2D eigenvalue weighted by Gasteiger charge is 2.24. The fourth-order valence-corrected chi connectivity index (χ4v) is 5.64. The summed E-state index contributed by atoms with van der Waals surface area (Å²) < 4.78 is 2.44. The summed E-state index contributed by atoms with van der Waals surface area (Å²) in [4.78, 5) is 13.7. The van der Waals surface area contributed by atoms with Crippen LogP contribution in [0.4, 0.5) is 0 Å². The summed E-state index contributed by atoms with van der Waals surface area (Å²) >= 11 is 1.77. The highest BCUT2D eigenvalue weighted by Crippen LogP contribution is 2.35. The Morgan fingerprint density at radius 2 is 1.88 bits per heavy atom. The van der Waals surface area contributed by atoms with Gasteiger partial charge in [0.25, 0.3) is 0 Å². The molecule has 4 nitrogen and oxygen atoms in total. The van der Waals surface area contributed by atoms with Crippen molar-refractivity contribution in [3.05, 3.63) is 93.8 Å². The lowest BCUT2D eigenvalue weighted by Gasteiger charge is -2.32. The molecule has 1 aliphatic heterocycles. The van der Waals surface area contributed by atoms with Crippen LogP contribution in [-0.2, 0) is 19.5 Å². The first-order valence-corrected chi connectivity index (χ1v) is 12.2. The Labute approximate surface area is 192 Å². The lowest BCUT2D eigenvalue weighted by molar-refractivity contribution is 0.0696. The van der Waals surface area contributed by atoms with Crippen molar-refractivity contribution >= 4 is 28.2 Å². The van der Waals surface area contributed by atoms with Crippen LogP contribution < -0.4 is 0 Å². The number of para-hydroxylation sites is 1. The van der Waals surface area contributed by atoms with Crippen molar-refractivity contribution in [3.8, 4) is 0 Å². The van der Waals surface area contributed by atoms with Crippen molar-refractivity contribution in [2.24, 2.45) is 0 Å². The van der Waals surface area contributed by atoms with Crippen molar-refractivity contribution in [2.75, 3.05) is 13.1 Å². The molecular formula is C27H28N2O2S. The summed E-state index contributed by atoms with van der Waals surface area (Å²) in [5.74, 6) is -0.287. The largest absolute Gasteiger partial charge is 0.478 e. The topological polar surface area (TPSA) is 45.5 Å². The van der Waals surface area contributed by atoms with Gasteiger partial charge in [-0.05, 0) is 90.0 Å². The predicted molar refractivity (Wildman–Crippen MR) is 131 cm³/mol. The molecule has 0 unspecified atom stereocenters. The molecule has 1 saturated heterocycles. The third-order valence-corrected chi connectivity index (χ3v) is 7.38. The van der Waals surface area contributed by atoms with Gasteiger partial charge in [-0.3, -0.25) is 4.90 Å². The van der Waals surface area contributed by atoms with Crippen molar-refractivity contribution in [1.29, 1.82) is 0 Å². The molecule has 2 aromatic carbocycles. The molecule has 1 N–H and O–H groups in total. The van der Waals surface area contributed by atoms with Crippen molar-refractivity contribution < 1.29 is 9.90 Å². The average molecular weight is 445 g/mol. The molecule has 5 heteroatoms. The lowest BCUT2D eigenvalue weighted by Crippen LogP contribution is -2.32. The summed E-state index contributed by atoms with van der Waals surface area (Å²) in [6.45, 7) is 3.90. The molecule has 0 amide bonds. The molecule has 0 atom stereocenters. The number of hydrogen-bond donors (Lipinski definition) is 1. The van der Waals surface area contributed by atoms with Crippen LogP contribution in [0.3, 0.4) is 0 Å². The van der Waals surface area contributed by atoms with Gasteiger partial charge in [0.15, 0.2) is 0 Å². The summed E-state index contributed by atoms with van der Waals surface area (Å²) in [6, 6.07) is 18.4. The second kappa shape index (κ2) is 9.31. The van der Waals surface area contributed by atoms with Gasteiger partial charge in [-0.15, -0.1) is 0 Å². The van der Waals surface area contributed by atoms with Gasteiger partial charge in [-0.25, -0.2) is 4.79 Å². The number of benzene rings is 2. The van der Waals surface area contributed by atoms with E-state index in [9.17, 15) is 9.90 Å². The van der Waals surface area contributed by atoms with E-state index in [1.807, 2.05) is 12.1 Å². The molecule has 0 spiro atoms. The quantitative estimate of drug-likeness (QED) is 0.379. The molecular weight excluding hydrogens is 416 g/mol. The maximum Gasteiger partial charge on any atom is 0.335 e. The van der Waals surface area contributed by atoms with E-state index in [-0.39, 0.29) is 0 Å². The van der Waals surface area contributed by atoms with E-state index in [1.165, 1.54) is 22.0 Å². The Bertz CT molecular complexity index is 1200. The summed E-state index contributed by atoms with van der Waals surface area (Å²) in [6.07, 6.45) is 5.73. The van der Waals surface area contributed by atoms with E-state index < -0.39 is 5.97 Å².